The largest absolute Gasteiger partial charge is 0.495 e. The minimum atomic E-state index is -0.477. The fourth-order valence-electron chi connectivity index (χ4n) is 3.72. The van der Waals surface area contributed by atoms with Gasteiger partial charge in [-0.25, -0.2) is 0 Å². The second-order valence-corrected chi connectivity index (χ2v) is 9.96. The molecule has 2 aromatic carbocycles. The SMILES string of the molecule is CC/C(=C(\B1OC(C)(C)C(C)(C)O1)c1ccc(OCCN(C)C)cc1)c1cccc(Cl)c1. The van der Waals surface area contributed by atoms with Crippen molar-refractivity contribution in [1.82, 2.24) is 4.90 Å². The highest BCUT2D eigenvalue weighted by Crippen LogP contribution is 2.43. The van der Waals surface area contributed by atoms with Gasteiger partial charge in [-0.2, -0.15) is 0 Å². The van der Waals surface area contributed by atoms with Crippen molar-refractivity contribution in [3.8, 4) is 5.75 Å². The monoisotopic (exact) mass is 455 g/mol. The molecule has 0 amide bonds. The summed E-state index contributed by atoms with van der Waals surface area (Å²) < 4.78 is 18.9. The molecule has 1 saturated heterocycles. The van der Waals surface area contributed by atoms with Crippen molar-refractivity contribution in [2.45, 2.75) is 52.2 Å². The molecule has 0 unspecified atom stereocenters. The molecule has 1 fully saturated rings. The van der Waals surface area contributed by atoms with Gasteiger partial charge < -0.3 is 18.9 Å². The summed E-state index contributed by atoms with van der Waals surface area (Å²) in [5, 5.41) is 0.714. The van der Waals surface area contributed by atoms with Crippen LogP contribution in [0, 0.1) is 0 Å². The van der Waals surface area contributed by atoms with Crippen molar-refractivity contribution < 1.29 is 14.0 Å². The van der Waals surface area contributed by atoms with Crippen molar-refractivity contribution in [1.29, 1.82) is 0 Å². The predicted molar refractivity (Wildman–Crippen MR) is 135 cm³/mol. The van der Waals surface area contributed by atoms with E-state index in [9.17, 15) is 0 Å². The summed E-state index contributed by atoms with van der Waals surface area (Å²) in [6.07, 6.45) is 0.820. The van der Waals surface area contributed by atoms with Gasteiger partial charge in [-0.1, -0.05) is 42.8 Å². The van der Waals surface area contributed by atoms with Gasteiger partial charge in [0.2, 0.25) is 0 Å². The Balaban J connectivity index is 2.03. The van der Waals surface area contributed by atoms with E-state index in [2.05, 4.69) is 57.7 Å². The summed E-state index contributed by atoms with van der Waals surface area (Å²) >= 11 is 6.33. The van der Waals surface area contributed by atoms with Gasteiger partial charge in [0.05, 0.1) is 11.2 Å². The molecule has 0 atom stereocenters. The van der Waals surface area contributed by atoms with Crippen LogP contribution in [0.3, 0.4) is 0 Å². The van der Waals surface area contributed by atoms with Crippen LogP contribution in [0.15, 0.2) is 48.5 Å². The summed E-state index contributed by atoms with van der Waals surface area (Å²) in [5.41, 5.74) is 3.48. The fraction of sp³-hybridized carbons (Fsp3) is 0.462. The number of rotatable bonds is 8. The highest BCUT2D eigenvalue weighted by atomic mass is 35.5. The molecule has 0 N–H and O–H groups in total. The molecule has 0 radical (unpaired) electrons. The van der Waals surface area contributed by atoms with Crippen molar-refractivity contribution in [3.05, 3.63) is 64.7 Å². The lowest BCUT2D eigenvalue weighted by atomic mass is 9.69. The van der Waals surface area contributed by atoms with Gasteiger partial charge >= 0.3 is 7.12 Å². The number of hydrogen-bond donors (Lipinski definition) is 0. The topological polar surface area (TPSA) is 30.9 Å². The Bertz CT molecular complexity index is 938. The average Bonchev–Trinajstić information content (AvgIpc) is 2.93. The zero-order valence-corrected chi connectivity index (χ0v) is 21.1. The van der Waals surface area contributed by atoms with Crippen molar-refractivity contribution in [3.63, 3.8) is 0 Å². The highest BCUT2D eigenvalue weighted by molar-refractivity contribution is 6.71. The summed E-state index contributed by atoms with van der Waals surface area (Å²) in [4.78, 5) is 2.10. The van der Waals surface area contributed by atoms with Gasteiger partial charge in [0.25, 0.3) is 0 Å². The lowest BCUT2D eigenvalue weighted by Gasteiger charge is -2.32. The summed E-state index contributed by atoms with van der Waals surface area (Å²) in [7, 11) is 3.60. The molecule has 0 aliphatic carbocycles. The molecule has 0 saturated carbocycles. The Morgan fingerprint density at radius 2 is 1.59 bits per heavy atom. The first-order valence-electron chi connectivity index (χ1n) is 11.3. The van der Waals surface area contributed by atoms with Crippen LogP contribution in [0.4, 0.5) is 0 Å². The molecule has 1 heterocycles. The first kappa shape index (κ1) is 24.8. The molecule has 1 aliphatic heterocycles. The fourth-order valence-corrected chi connectivity index (χ4v) is 3.91. The molecule has 1 aliphatic rings. The van der Waals surface area contributed by atoms with Crippen molar-refractivity contribution in [2.75, 3.05) is 27.2 Å². The number of hydrogen-bond acceptors (Lipinski definition) is 4. The van der Waals surface area contributed by atoms with E-state index in [1.54, 1.807) is 0 Å². The maximum absolute atomic E-state index is 6.49. The van der Waals surface area contributed by atoms with Gasteiger partial charge in [0.1, 0.15) is 12.4 Å². The molecule has 4 nitrogen and oxygen atoms in total. The standard InChI is InChI=1S/C26H35BClNO3/c1-8-23(20-10-9-11-21(28)18-20)24(27-31-25(2,3)26(4,5)32-27)19-12-14-22(15-13-19)30-17-16-29(6)7/h9-15,18H,8,16-17H2,1-7H3/b24-23+. The minimum Gasteiger partial charge on any atom is -0.492 e. The second-order valence-electron chi connectivity index (χ2n) is 9.52. The van der Waals surface area contributed by atoms with Crippen LogP contribution in [-0.4, -0.2) is 50.5 Å². The molecular formula is C26H35BClNO3. The average molecular weight is 456 g/mol. The Hall–Kier alpha value is -1.79. The van der Waals surface area contributed by atoms with Gasteiger partial charge in [-0.05, 0) is 94.6 Å². The van der Waals surface area contributed by atoms with E-state index in [-0.39, 0.29) is 0 Å². The van der Waals surface area contributed by atoms with Crippen LogP contribution in [0.1, 0.15) is 52.2 Å². The molecule has 6 heteroatoms. The molecule has 32 heavy (non-hydrogen) atoms. The first-order chi connectivity index (χ1) is 15.0. The Labute approximate surface area is 198 Å². The van der Waals surface area contributed by atoms with E-state index in [0.717, 1.165) is 40.9 Å². The Morgan fingerprint density at radius 1 is 0.969 bits per heavy atom. The molecule has 172 valence electrons. The van der Waals surface area contributed by atoms with E-state index in [1.807, 2.05) is 44.4 Å². The Kier molecular flexibility index (Phi) is 7.77. The van der Waals surface area contributed by atoms with Gasteiger partial charge in [-0.3, -0.25) is 0 Å². The first-order valence-corrected chi connectivity index (χ1v) is 11.6. The smallest absolute Gasteiger partial charge is 0.492 e. The quantitative estimate of drug-likeness (QED) is 0.348. The molecular weight excluding hydrogens is 421 g/mol. The van der Waals surface area contributed by atoms with E-state index >= 15 is 0 Å². The maximum atomic E-state index is 6.49. The number of benzene rings is 2. The van der Waals surface area contributed by atoms with Gasteiger partial charge in [-0.15, -0.1) is 0 Å². The third-order valence-corrected chi connectivity index (χ3v) is 6.55. The molecule has 3 rings (SSSR count). The predicted octanol–water partition coefficient (Wildman–Crippen LogP) is 6.23. The lowest BCUT2D eigenvalue weighted by Crippen LogP contribution is -2.41. The van der Waals surface area contributed by atoms with E-state index in [1.165, 1.54) is 0 Å². The van der Waals surface area contributed by atoms with Crippen LogP contribution < -0.4 is 4.74 Å². The van der Waals surface area contributed by atoms with Crippen LogP contribution >= 0.6 is 11.6 Å². The third kappa shape index (κ3) is 5.58. The number of ether oxygens (including phenoxy) is 1. The van der Waals surface area contributed by atoms with Gasteiger partial charge in [0.15, 0.2) is 0 Å². The van der Waals surface area contributed by atoms with Crippen LogP contribution in [0.2, 0.25) is 5.02 Å². The van der Waals surface area contributed by atoms with E-state index in [0.29, 0.717) is 11.6 Å². The minimum absolute atomic E-state index is 0.425. The molecule has 2 aromatic rings. The number of halogens is 1. The van der Waals surface area contributed by atoms with Crippen LogP contribution in [0.5, 0.6) is 5.75 Å². The summed E-state index contributed by atoms with van der Waals surface area (Å²) in [5.74, 6) is 0.852. The number of nitrogens with zero attached hydrogens (tertiary/aromatic N) is 1. The maximum Gasteiger partial charge on any atom is 0.495 e. The summed E-state index contributed by atoms with van der Waals surface area (Å²) in [6, 6.07) is 16.2. The molecule has 0 bridgehead atoms. The van der Waals surface area contributed by atoms with Crippen molar-refractivity contribution >= 4 is 29.8 Å². The normalized spacial score (nSPS) is 18.1. The third-order valence-electron chi connectivity index (χ3n) is 6.31. The Morgan fingerprint density at radius 3 is 2.12 bits per heavy atom. The lowest BCUT2D eigenvalue weighted by molar-refractivity contribution is 0.00578. The number of likely N-dealkylation sites (N-methyl/N-ethyl adjacent to an activating group) is 1. The van der Waals surface area contributed by atoms with E-state index in [4.69, 9.17) is 25.6 Å². The second kappa shape index (κ2) is 10.0. The zero-order chi connectivity index (χ0) is 23.5. The molecule has 0 aromatic heterocycles. The van der Waals surface area contributed by atoms with E-state index < -0.39 is 18.3 Å². The zero-order valence-electron chi connectivity index (χ0n) is 20.4. The molecule has 0 spiro atoms. The highest BCUT2D eigenvalue weighted by Gasteiger charge is 2.53. The van der Waals surface area contributed by atoms with Gasteiger partial charge in [0, 0.05) is 11.6 Å². The number of allylic oxidation sites excluding steroid dienone is 1. The van der Waals surface area contributed by atoms with Crippen LogP contribution in [-0.2, 0) is 9.31 Å². The van der Waals surface area contributed by atoms with Crippen molar-refractivity contribution in [2.24, 2.45) is 0 Å². The van der Waals surface area contributed by atoms with Crippen LogP contribution in [0.25, 0.3) is 11.0 Å². The summed E-state index contributed by atoms with van der Waals surface area (Å²) in [6.45, 7) is 12.0.